The summed E-state index contributed by atoms with van der Waals surface area (Å²) in [6.07, 6.45) is 1.56. The summed E-state index contributed by atoms with van der Waals surface area (Å²) in [6, 6.07) is 9.53. The number of ether oxygens (including phenoxy) is 1. The molecule has 1 fully saturated rings. The van der Waals surface area contributed by atoms with Gasteiger partial charge in [-0.1, -0.05) is 45.0 Å². The summed E-state index contributed by atoms with van der Waals surface area (Å²) in [7, 11) is 0. The summed E-state index contributed by atoms with van der Waals surface area (Å²) in [4.78, 5) is 0. The highest BCUT2D eigenvalue weighted by molar-refractivity contribution is 5.27. The summed E-state index contributed by atoms with van der Waals surface area (Å²) in [5.41, 5.74) is 2.81. The fourth-order valence-corrected chi connectivity index (χ4v) is 2.95. The van der Waals surface area contributed by atoms with Gasteiger partial charge in [-0.3, -0.25) is 0 Å². The van der Waals surface area contributed by atoms with Crippen LogP contribution >= 0.6 is 0 Å². The predicted octanol–water partition coefficient (Wildman–Crippen LogP) is 3.89. The van der Waals surface area contributed by atoms with Gasteiger partial charge in [-0.15, -0.1) is 0 Å². The van der Waals surface area contributed by atoms with Gasteiger partial charge >= 0.3 is 0 Å². The molecule has 1 aliphatic rings. The Morgan fingerprint density at radius 2 is 1.84 bits per heavy atom. The minimum absolute atomic E-state index is 0.404. The molecule has 3 unspecified atom stereocenters. The molecule has 1 aromatic rings. The van der Waals surface area contributed by atoms with Crippen molar-refractivity contribution in [3.05, 3.63) is 35.4 Å². The van der Waals surface area contributed by atoms with E-state index in [0.29, 0.717) is 24.0 Å². The SMILES string of the molecule is CCNC(c1ccc(C(C)C)cc1)C1COC(C)C1. The third kappa shape index (κ3) is 3.58. The van der Waals surface area contributed by atoms with Crippen LogP contribution in [0.15, 0.2) is 24.3 Å². The van der Waals surface area contributed by atoms with E-state index >= 15 is 0 Å². The monoisotopic (exact) mass is 261 g/mol. The lowest BCUT2D eigenvalue weighted by Crippen LogP contribution is -2.28. The predicted molar refractivity (Wildman–Crippen MR) is 80.5 cm³/mol. The Labute approximate surface area is 117 Å². The zero-order valence-corrected chi connectivity index (χ0v) is 12.6. The van der Waals surface area contributed by atoms with Crippen molar-refractivity contribution in [2.45, 2.75) is 52.2 Å². The molecule has 1 N–H and O–H groups in total. The van der Waals surface area contributed by atoms with E-state index in [-0.39, 0.29) is 0 Å². The molecule has 0 amide bonds. The molecule has 0 aliphatic carbocycles. The van der Waals surface area contributed by atoms with E-state index in [2.05, 4.69) is 57.3 Å². The van der Waals surface area contributed by atoms with Crippen LogP contribution in [0.4, 0.5) is 0 Å². The smallest absolute Gasteiger partial charge is 0.0551 e. The van der Waals surface area contributed by atoms with Gasteiger partial charge in [0.2, 0.25) is 0 Å². The average molecular weight is 261 g/mol. The van der Waals surface area contributed by atoms with E-state index in [1.807, 2.05) is 0 Å². The van der Waals surface area contributed by atoms with Gasteiger partial charge in [0.05, 0.1) is 12.7 Å². The van der Waals surface area contributed by atoms with Crippen molar-refractivity contribution in [3.63, 3.8) is 0 Å². The van der Waals surface area contributed by atoms with Crippen LogP contribution in [0.3, 0.4) is 0 Å². The number of rotatable bonds is 5. The van der Waals surface area contributed by atoms with Crippen molar-refractivity contribution >= 4 is 0 Å². The van der Waals surface area contributed by atoms with Crippen molar-refractivity contribution in [1.82, 2.24) is 5.32 Å². The van der Waals surface area contributed by atoms with Gasteiger partial charge in [0.15, 0.2) is 0 Å². The minimum Gasteiger partial charge on any atom is -0.378 e. The van der Waals surface area contributed by atoms with Crippen LogP contribution in [0.25, 0.3) is 0 Å². The number of nitrogens with one attached hydrogen (secondary N) is 1. The second-order valence-corrected chi connectivity index (χ2v) is 6.00. The molecule has 1 heterocycles. The molecule has 0 spiro atoms. The zero-order chi connectivity index (χ0) is 13.8. The van der Waals surface area contributed by atoms with Gasteiger partial charge in [-0.25, -0.2) is 0 Å². The van der Waals surface area contributed by atoms with Crippen LogP contribution in [0, 0.1) is 5.92 Å². The Bertz CT molecular complexity index is 385. The van der Waals surface area contributed by atoms with Crippen LogP contribution in [-0.2, 0) is 4.74 Å². The van der Waals surface area contributed by atoms with Crippen molar-refractivity contribution in [3.8, 4) is 0 Å². The van der Waals surface area contributed by atoms with Crippen molar-refractivity contribution in [1.29, 1.82) is 0 Å². The van der Waals surface area contributed by atoms with E-state index in [9.17, 15) is 0 Å². The Morgan fingerprint density at radius 3 is 2.32 bits per heavy atom. The van der Waals surface area contributed by atoms with Crippen LogP contribution in [-0.4, -0.2) is 19.3 Å². The molecule has 1 saturated heterocycles. The second-order valence-electron chi connectivity index (χ2n) is 6.00. The Morgan fingerprint density at radius 1 is 1.21 bits per heavy atom. The quantitative estimate of drug-likeness (QED) is 0.868. The van der Waals surface area contributed by atoms with Crippen LogP contribution in [0.5, 0.6) is 0 Å². The van der Waals surface area contributed by atoms with Crippen molar-refractivity contribution in [2.75, 3.05) is 13.2 Å². The van der Waals surface area contributed by atoms with Gasteiger partial charge < -0.3 is 10.1 Å². The molecule has 2 heteroatoms. The van der Waals surface area contributed by atoms with Crippen LogP contribution < -0.4 is 5.32 Å². The molecule has 19 heavy (non-hydrogen) atoms. The fourth-order valence-electron chi connectivity index (χ4n) is 2.95. The van der Waals surface area contributed by atoms with E-state index in [4.69, 9.17) is 4.74 Å². The lowest BCUT2D eigenvalue weighted by molar-refractivity contribution is 0.117. The molecule has 0 radical (unpaired) electrons. The Kier molecular flexibility index (Phi) is 5.00. The molecule has 2 nitrogen and oxygen atoms in total. The highest BCUT2D eigenvalue weighted by Crippen LogP contribution is 2.32. The summed E-state index contributed by atoms with van der Waals surface area (Å²) in [5, 5.41) is 3.63. The van der Waals surface area contributed by atoms with Crippen LogP contribution in [0.2, 0.25) is 0 Å². The average Bonchev–Trinajstić information content (AvgIpc) is 2.82. The maximum absolute atomic E-state index is 5.74. The molecular weight excluding hydrogens is 234 g/mol. The summed E-state index contributed by atoms with van der Waals surface area (Å²) < 4.78 is 5.74. The zero-order valence-electron chi connectivity index (χ0n) is 12.6. The van der Waals surface area contributed by atoms with Gasteiger partial charge in [0.1, 0.15) is 0 Å². The first-order valence-electron chi connectivity index (χ1n) is 7.56. The van der Waals surface area contributed by atoms with Crippen LogP contribution in [0.1, 0.15) is 57.2 Å². The second kappa shape index (κ2) is 6.53. The maximum atomic E-state index is 5.74. The summed E-state index contributed by atoms with van der Waals surface area (Å²) in [5.74, 6) is 1.20. The van der Waals surface area contributed by atoms with E-state index in [1.54, 1.807) is 0 Å². The maximum Gasteiger partial charge on any atom is 0.0551 e. The van der Waals surface area contributed by atoms with Gasteiger partial charge in [0, 0.05) is 12.0 Å². The molecule has 0 saturated carbocycles. The molecule has 0 aromatic heterocycles. The third-order valence-corrected chi connectivity index (χ3v) is 4.09. The first kappa shape index (κ1) is 14.5. The Balaban J connectivity index is 2.14. The number of hydrogen-bond acceptors (Lipinski definition) is 2. The molecule has 2 rings (SSSR count). The van der Waals surface area contributed by atoms with Gasteiger partial charge in [-0.2, -0.15) is 0 Å². The molecule has 1 aromatic carbocycles. The van der Waals surface area contributed by atoms with Gasteiger partial charge in [0.25, 0.3) is 0 Å². The Hall–Kier alpha value is -0.860. The lowest BCUT2D eigenvalue weighted by atomic mass is 9.89. The lowest BCUT2D eigenvalue weighted by Gasteiger charge is -2.24. The summed E-state index contributed by atoms with van der Waals surface area (Å²) in [6.45, 7) is 10.7. The number of hydrogen-bond donors (Lipinski definition) is 1. The largest absolute Gasteiger partial charge is 0.378 e. The molecule has 106 valence electrons. The molecule has 1 aliphatic heterocycles. The highest BCUT2D eigenvalue weighted by atomic mass is 16.5. The summed E-state index contributed by atoms with van der Waals surface area (Å²) >= 11 is 0. The molecule has 3 atom stereocenters. The van der Waals surface area contributed by atoms with Gasteiger partial charge in [-0.05, 0) is 36.9 Å². The van der Waals surface area contributed by atoms with E-state index in [0.717, 1.165) is 19.6 Å². The number of benzene rings is 1. The third-order valence-electron chi connectivity index (χ3n) is 4.09. The minimum atomic E-state index is 0.404. The molecule has 0 bridgehead atoms. The molecular formula is C17H27NO. The van der Waals surface area contributed by atoms with Crippen molar-refractivity contribution < 1.29 is 4.74 Å². The highest BCUT2D eigenvalue weighted by Gasteiger charge is 2.30. The normalized spacial score (nSPS) is 24.9. The first-order chi connectivity index (χ1) is 9.11. The van der Waals surface area contributed by atoms with E-state index < -0.39 is 0 Å². The standard InChI is InChI=1S/C17H27NO/c1-5-18-17(16-10-13(4)19-11-16)15-8-6-14(7-9-15)12(2)3/h6-9,12-13,16-18H,5,10-11H2,1-4H3. The fraction of sp³-hybridized carbons (Fsp3) is 0.647. The van der Waals surface area contributed by atoms with Crippen molar-refractivity contribution in [2.24, 2.45) is 5.92 Å². The first-order valence-corrected chi connectivity index (χ1v) is 7.56. The van der Waals surface area contributed by atoms with E-state index in [1.165, 1.54) is 11.1 Å². The topological polar surface area (TPSA) is 21.3 Å².